The van der Waals surface area contributed by atoms with Gasteiger partial charge in [0.1, 0.15) is 12.4 Å². The van der Waals surface area contributed by atoms with Gasteiger partial charge < -0.3 is 14.4 Å². The van der Waals surface area contributed by atoms with Crippen molar-refractivity contribution in [1.29, 1.82) is 0 Å². The van der Waals surface area contributed by atoms with Crippen LogP contribution in [-0.4, -0.2) is 37.5 Å². The number of methoxy groups -OCH3 is 1. The summed E-state index contributed by atoms with van der Waals surface area (Å²) in [4.78, 5) is 0. The van der Waals surface area contributed by atoms with Crippen molar-refractivity contribution in [3.8, 4) is 5.75 Å². The highest BCUT2D eigenvalue weighted by Crippen LogP contribution is 2.21. The highest BCUT2D eigenvalue weighted by Gasteiger charge is 2.09. The first-order valence-corrected chi connectivity index (χ1v) is 8.87. The highest BCUT2D eigenvalue weighted by atomic mass is 32.2. The molecule has 7 heteroatoms. The van der Waals surface area contributed by atoms with Crippen molar-refractivity contribution in [1.82, 2.24) is 0 Å². The molecule has 6 nitrogen and oxygen atoms in total. The number of benzene rings is 1. The number of ether oxygens (including phenoxy) is 1. The number of pyridine rings is 1. The Morgan fingerprint density at radius 3 is 2.33 bits per heavy atom. The fourth-order valence-electron chi connectivity index (χ4n) is 2.24. The number of rotatable bonds is 7. The molecule has 0 saturated heterocycles. The third kappa shape index (κ3) is 5.45. The lowest BCUT2D eigenvalue weighted by Crippen LogP contribution is -2.34. The van der Waals surface area contributed by atoms with Crippen molar-refractivity contribution in [3.05, 3.63) is 59.9 Å². The van der Waals surface area contributed by atoms with Gasteiger partial charge in [-0.25, -0.2) is 13.0 Å². The van der Waals surface area contributed by atoms with E-state index in [0.29, 0.717) is 23.4 Å². The van der Waals surface area contributed by atoms with Crippen LogP contribution in [0.5, 0.6) is 5.75 Å². The van der Waals surface area contributed by atoms with E-state index >= 15 is 0 Å². The molecule has 128 valence electrons. The quantitative estimate of drug-likeness (QED) is 0.596. The van der Waals surface area contributed by atoms with Gasteiger partial charge in [0.2, 0.25) is 0 Å². The molecule has 0 aliphatic heterocycles. The SMILES string of the molecule is COc1ccc(/C=C(\CS(=O)(=O)[O-])c2cc[n+](CCO)cc2)cc1. The van der Waals surface area contributed by atoms with Crippen LogP contribution in [0.1, 0.15) is 11.1 Å². The molecule has 0 amide bonds. The number of nitrogens with zero attached hydrogens (tertiary/aromatic N) is 1. The van der Waals surface area contributed by atoms with Gasteiger partial charge in [-0.3, -0.25) is 0 Å². The van der Waals surface area contributed by atoms with Gasteiger partial charge in [-0.15, -0.1) is 0 Å². The predicted octanol–water partition coefficient (Wildman–Crippen LogP) is 1.06. The average Bonchev–Trinajstić information content (AvgIpc) is 2.55. The second-order valence-corrected chi connectivity index (χ2v) is 6.60. The first-order valence-electron chi connectivity index (χ1n) is 7.30. The van der Waals surface area contributed by atoms with Gasteiger partial charge in [0.05, 0.1) is 23.0 Å². The summed E-state index contributed by atoms with van der Waals surface area (Å²) in [6, 6.07) is 10.5. The number of hydrogen-bond donors (Lipinski definition) is 1. The zero-order chi connectivity index (χ0) is 17.6. The maximum Gasteiger partial charge on any atom is 0.171 e. The largest absolute Gasteiger partial charge is 0.748 e. The fraction of sp³-hybridized carbons (Fsp3) is 0.235. The predicted molar refractivity (Wildman–Crippen MR) is 89.2 cm³/mol. The lowest BCUT2D eigenvalue weighted by Gasteiger charge is -2.11. The summed E-state index contributed by atoms with van der Waals surface area (Å²) >= 11 is 0. The molecule has 2 aromatic rings. The maximum atomic E-state index is 11.2. The van der Waals surface area contributed by atoms with Crippen molar-refractivity contribution < 1.29 is 27.4 Å². The van der Waals surface area contributed by atoms with Crippen molar-refractivity contribution in [2.24, 2.45) is 0 Å². The van der Waals surface area contributed by atoms with Crippen molar-refractivity contribution >= 4 is 21.8 Å². The molecule has 0 radical (unpaired) electrons. The van der Waals surface area contributed by atoms with Gasteiger partial charge in [0.15, 0.2) is 18.9 Å². The van der Waals surface area contributed by atoms with E-state index in [4.69, 9.17) is 9.84 Å². The maximum absolute atomic E-state index is 11.2. The van der Waals surface area contributed by atoms with E-state index in [-0.39, 0.29) is 6.61 Å². The Kier molecular flexibility index (Phi) is 6.08. The lowest BCUT2D eigenvalue weighted by atomic mass is 10.1. The normalized spacial score (nSPS) is 12.2. The molecule has 0 saturated carbocycles. The Labute approximate surface area is 141 Å². The Morgan fingerprint density at radius 1 is 1.21 bits per heavy atom. The fourth-order valence-corrected chi connectivity index (χ4v) is 2.87. The lowest BCUT2D eigenvalue weighted by molar-refractivity contribution is -0.698. The first kappa shape index (κ1) is 18.1. The van der Waals surface area contributed by atoms with E-state index < -0.39 is 15.9 Å². The summed E-state index contributed by atoms with van der Waals surface area (Å²) in [5.74, 6) is 0.0955. The van der Waals surface area contributed by atoms with E-state index in [1.165, 1.54) is 0 Å². The summed E-state index contributed by atoms with van der Waals surface area (Å²) in [6.45, 7) is 0.450. The molecule has 1 aromatic heterocycles. The summed E-state index contributed by atoms with van der Waals surface area (Å²) in [5.41, 5.74) is 1.81. The highest BCUT2D eigenvalue weighted by molar-refractivity contribution is 7.86. The van der Waals surface area contributed by atoms with E-state index in [1.54, 1.807) is 66.5 Å². The summed E-state index contributed by atoms with van der Waals surface area (Å²) in [5, 5.41) is 8.93. The Bertz CT molecular complexity index is 796. The first-order chi connectivity index (χ1) is 11.4. The smallest absolute Gasteiger partial charge is 0.171 e. The molecule has 0 bridgehead atoms. The molecule has 0 spiro atoms. The topological polar surface area (TPSA) is 90.5 Å². The monoisotopic (exact) mass is 349 g/mol. The van der Waals surface area contributed by atoms with Crippen LogP contribution in [0.4, 0.5) is 0 Å². The number of aliphatic hydroxyl groups is 1. The molecule has 1 aromatic carbocycles. The molecule has 0 aliphatic rings. The van der Waals surface area contributed by atoms with Crippen LogP contribution in [0.3, 0.4) is 0 Å². The number of aliphatic hydroxyl groups excluding tert-OH is 1. The third-order valence-electron chi connectivity index (χ3n) is 3.41. The molecule has 1 heterocycles. The molecule has 2 rings (SSSR count). The molecular weight excluding hydrogens is 330 g/mol. The Hall–Kier alpha value is -2.22. The van der Waals surface area contributed by atoms with Gasteiger partial charge in [-0.2, -0.15) is 0 Å². The molecule has 0 aliphatic carbocycles. The molecule has 1 N–H and O–H groups in total. The zero-order valence-corrected chi connectivity index (χ0v) is 14.1. The van der Waals surface area contributed by atoms with Crippen LogP contribution in [0.2, 0.25) is 0 Å². The van der Waals surface area contributed by atoms with Crippen LogP contribution < -0.4 is 9.30 Å². The van der Waals surface area contributed by atoms with Gasteiger partial charge in [-0.05, 0) is 28.8 Å². The summed E-state index contributed by atoms with van der Waals surface area (Å²) in [6.07, 6.45) is 5.12. The minimum absolute atomic E-state index is 0.00744. The summed E-state index contributed by atoms with van der Waals surface area (Å²) in [7, 11) is -2.85. The Balaban J connectivity index is 2.37. The standard InChI is InChI=1S/C17H19NO5S/c1-23-17-4-2-14(3-5-17)12-16(13-24(20,21)22)15-6-8-18(9-7-15)10-11-19/h2-9,12,19H,10-11,13H2,1H3/b16-12+. The minimum Gasteiger partial charge on any atom is -0.748 e. The van der Waals surface area contributed by atoms with Gasteiger partial charge >= 0.3 is 0 Å². The average molecular weight is 349 g/mol. The van der Waals surface area contributed by atoms with Crippen LogP contribution in [0.25, 0.3) is 11.6 Å². The number of aromatic nitrogens is 1. The van der Waals surface area contributed by atoms with E-state index in [1.807, 2.05) is 0 Å². The third-order valence-corrected chi connectivity index (χ3v) is 4.07. The van der Waals surface area contributed by atoms with Gasteiger partial charge in [-0.1, -0.05) is 18.2 Å². The van der Waals surface area contributed by atoms with Crippen molar-refractivity contribution in [3.63, 3.8) is 0 Å². The minimum atomic E-state index is -4.41. The molecule has 0 unspecified atom stereocenters. The van der Waals surface area contributed by atoms with Crippen molar-refractivity contribution in [2.45, 2.75) is 6.54 Å². The van der Waals surface area contributed by atoms with Gasteiger partial charge in [0, 0.05) is 12.1 Å². The van der Waals surface area contributed by atoms with Crippen LogP contribution in [0.15, 0.2) is 48.8 Å². The molecule has 24 heavy (non-hydrogen) atoms. The second kappa shape index (κ2) is 8.05. The van der Waals surface area contributed by atoms with Crippen LogP contribution >= 0.6 is 0 Å². The van der Waals surface area contributed by atoms with Gasteiger partial charge in [0.25, 0.3) is 0 Å². The van der Waals surface area contributed by atoms with Crippen molar-refractivity contribution in [2.75, 3.05) is 19.5 Å². The molecular formula is C17H19NO5S. The van der Waals surface area contributed by atoms with E-state index in [9.17, 15) is 13.0 Å². The van der Waals surface area contributed by atoms with Crippen LogP contribution in [0, 0.1) is 0 Å². The second-order valence-electron chi connectivity index (χ2n) is 5.19. The van der Waals surface area contributed by atoms with E-state index in [0.717, 1.165) is 5.56 Å². The Morgan fingerprint density at radius 2 is 1.83 bits per heavy atom. The number of hydrogen-bond acceptors (Lipinski definition) is 5. The molecule has 0 fully saturated rings. The van der Waals surface area contributed by atoms with E-state index in [2.05, 4.69) is 0 Å². The van der Waals surface area contributed by atoms with Crippen LogP contribution in [-0.2, 0) is 16.7 Å². The zero-order valence-electron chi connectivity index (χ0n) is 13.3. The summed E-state index contributed by atoms with van der Waals surface area (Å²) < 4.78 is 40.5. The molecule has 0 atom stereocenters.